The first-order valence-corrected chi connectivity index (χ1v) is 15.5. The average Bonchev–Trinajstić information content (AvgIpc) is 3.44. The third-order valence-corrected chi connectivity index (χ3v) is 7.98. The number of rotatable bonds is 11. The number of benzene rings is 4. The number of nitrogens with zero attached hydrogens (tertiary/aromatic N) is 1. The first-order chi connectivity index (χ1) is 21.4. The number of alkyl halides is 3. The van der Waals surface area contributed by atoms with Crippen LogP contribution in [-0.4, -0.2) is 35.4 Å². The maximum absolute atomic E-state index is 13.6. The number of carbonyl (C=O) groups is 2. The summed E-state index contributed by atoms with van der Waals surface area (Å²) in [5.74, 6) is -1.75. The van der Waals surface area contributed by atoms with Crippen LogP contribution in [0.25, 0.3) is 22.6 Å². The van der Waals surface area contributed by atoms with Gasteiger partial charge in [0, 0.05) is 23.2 Å². The lowest BCUT2D eigenvalue weighted by molar-refractivity contribution is -0.137. The molecule has 0 saturated heterocycles. The molecule has 5 aromatic rings. The van der Waals surface area contributed by atoms with E-state index >= 15 is 0 Å². The molecule has 1 heterocycles. The number of halogens is 3. The lowest BCUT2D eigenvalue weighted by Gasteiger charge is -2.19. The number of para-hydroxylation sites is 2. The highest BCUT2D eigenvalue weighted by Crippen LogP contribution is 2.32. The molecule has 1 aromatic heterocycles. The molecule has 0 spiro atoms. The minimum Gasteiger partial charge on any atom is -0.436 e. The summed E-state index contributed by atoms with van der Waals surface area (Å²) in [5.41, 5.74) is 3.00. The molecule has 12 heteroatoms. The molecule has 0 aliphatic rings. The van der Waals surface area contributed by atoms with Gasteiger partial charge in [0.1, 0.15) is 5.52 Å². The number of ketones is 1. The van der Waals surface area contributed by atoms with Gasteiger partial charge in [-0.25, -0.2) is 4.98 Å². The Kier molecular flexibility index (Phi) is 9.16. The predicted octanol–water partition coefficient (Wildman–Crippen LogP) is 7.33. The molecule has 0 bridgehead atoms. The monoisotopic (exact) mass is 636 g/mol. The highest BCUT2D eigenvalue weighted by Gasteiger charge is 2.31. The summed E-state index contributed by atoms with van der Waals surface area (Å²) < 4.78 is 76.1. The van der Waals surface area contributed by atoms with Crippen LogP contribution in [0.3, 0.4) is 0 Å². The van der Waals surface area contributed by atoms with Crippen LogP contribution >= 0.6 is 0 Å². The Morgan fingerprint density at radius 3 is 2.18 bits per heavy atom. The Labute approximate surface area is 256 Å². The highest BCUT2D eigenvalue weighted by atomic mass is 32.2. The Balaban J connectivity index is 1.33. The second-order valence-corrected chi connectivity index (χ2v) is 12.0. The smallest absolute Gasteiger partial charge is 0.416 e. The number of Topliss-reactive ketones (excluding diaryl/α,β-unsaturated/α-hetero) is 1. The van der Waals surface area contributed by atoms with E-state index in [9.17, 15) is 31.2 Å². The molecule has 1 atom stereocenters. The molecule has 0 saturated carbocycles. The van der Waals surface area contributed by atoms with E-state index < -0.39 is 39.4 Å². The van der Waals surface area contributed by atoms with Gasteiger partial charge < -0.3 is 9.73 Å². The van der Waals surface area contributed by atoms with Gasteiger partial charge in [0.25, 0.3) is 10.1 Å². The van der Waals surface area contributed by atoms with Crippen LogP contribution in [0.2, 0.25) is 0 Å². The molecule has 5 rings (SSSR count). The van der Waals surface area contributed by atoms with Crippen molar-refractivity contribution in [3.8, 4) is 11.5 Å². The maximum atomic E-state index is 13.6. The van der Waals surface area contributed by atoms with Crippen molar-refractivity contribution in [3.63, 3.8) is 0 Å². The quantitative estimate of drug-likeness (QED) is 0.115. The average molecular weight is 637 g/mol. The van der Waals surface area contributed by atoms with E-state index in [0.29, 0.717) is 44.9 Å². The summed E-state index contributed by atoms with van der Waals surface area (Å²) in [7, 11) is -4.17. The number of carbonyl (C=O) groups excluding carboxylic acids is 2. The Bertz CT molecular complexity index is 1890. The second-order valence-electron chi connectivity index (χ2n) is 10.4. The Morgan fingerprint density at radius 2 is 1.56 bits per heavy atom. The van der Waals surface area contributed by atoms with E-state index in [2.05, 4.69) is 10.3 Å². The lowest BCUT2D eigenvalue weighted by atomic mass is 9.90. The van der Waals surface area contributed by atoms with Gasteiger partial charge in [-0.3, -0.25) is 14.1 Å². The number of hydrogen-bond donors (Lipinski definition) is 2. The van der Waals surface area contributed by atoms with Crippen LogP contribution in [0.5, 0.6) is 0 Å². The third kappa shape index (κ3) is 8.22. The molecular weight excluding hydrogens is 609 g/mol. The summed E-state index contributed by atoms with van der Waals surface area (Å²) in [6, 6.07) is 24.9. The van der Waals surface area contributed by atoms with Gasteiger partial charge in [-0.15, -0.1) is 0 Å². The summed E-state index contributed by atoms with van der Waals surface area (Å²) in [4.78, 5) is 30.5. The zero-order valence-electron chi connectivity index (χ0n) is 23.6. The number of amides is 1. The normalized spacial score (nSPS) is 12.6. The number of oxazole rings is 1. The van der Waals surface area contributed by atoms with Gasteiger partial charge in [-0.2, -0.15) is 21.6 Å². The molecule has 232 valence electrons. The van der Waals surface area contributed by atoms with E-state index in [1.165, 1.54) is 24.3 Å². The standard InChI is InChI=1S/C33H27F3N2O6S/c34-33(35,36)25-15-11-22(12-16-25)27(20-21-7-9-23(10-8-21)29(39)5-3-19-45(41,42)43)31(40)37-26-17-13-24(14-18-26)32-38-28-4-1-2-6-30(28)44-32/h1-2,4,6-18,27H,3,5,19-20H2,(H,37,40)(H,41,42,43). The topological polar surface area (TPSA) is 127 Å². The van der Waals surface area contributed by atoms with E-state index in [-0.39, 0.29) is 25.0 Å². The van der Waals surface area contributed by atoms with E-state index in [1.807, 2.05) is 18.2 Å². The molecular formula is C33H27F3N2O6S. The van der Waals surface area contributed by atoms with E-state index in [1.54, 1.807) is 42.5 Å². The predicted molar refractivity (Wildman–Crippen MR) is 162 cm³/mol. The van der Waals surface area contributed by atoms with Crippen molar-refractivity contribution in [1.29, 1.82) is 0 Å². The van der Waals surface area contributed by atoms with E-state index in [4.69, 9.17) is 8.97 Å². The Hall–Kier alpha value is -4.81. The Morgan fingerprint density at radius 1 is 0.889 bits per heavy atom. The molecule has 0 radical (unpaired) electrons. The lowest BCUT2D eigenvalue weighted by Crippen LogP contribution is -2.23. The van der Waals surface area contributed by atoms with Crippen molar-refractivity contribution in [2.24, 2.45) is 0 Å². The van der Waals surface area contributed by atoms with Crippen LogP contribution < -0.4 is 5.32 Å². The van der Waals surface area contributed by atoms with Crippen molar-refractivity contribution < 1.29 is 40.1 Å². The number of aromatic nitrogens is 1. The number of fused-ring (bicyclic) bond motifs is 1. The van der Waals surface area contributed by atoms with Crippen molar-refractivity contribution in [2.75, 3.05) is 11.1 Å². The SMILES string of the molecule is O=C(CCCS(=O)(=O)O)c1ccc(CC(C(=O)Nc2ccc(-c3nc4ccccc4o3)cc2)c2ccc(C(F)(F)F)cc2)cc1. The van der Waals surface area contributed by atoms with Crippen molar-refractivity contribution in [1.82, 2.24) is 4.98 Å². The molecule has 8 nitrogen and oxygen atoms in total. The van der Waals surface area contributed by atoms with E-state index in [0.717, 1.165) is 12.1 Å². The summed E-state index contributed by atoms with van der Waals surface area (Å²) in [6.45, 7) is 0. The molecule has 0 aliphatic carbocycles. The minimum atomic E-state index is -4.53. The van der Waals surface area contributed by atoms with Gasteiger partial charge in [-0.05, 0) is 72.5 Å². The number of nitrogens with one attached hydrogen (secondary N) is 1. The number of anilines is 1. The maximum Gasteiger partial charge on any atom is 0.416 e. The summed E-state index contributed by atoms with van der Waals surface area (Å²) >= 11 is 0. The molecule has 1 amide bonds. The number of hydrogen-bond acceptors (Lipinski definition) is 6. The van der Waals surface area contributed by atoms with Gasteiger partial charge in [0.05, 0.1) is 17.2 Å². The third-order valence-electron chi connectivity index (χ3n) is 7.17. The molecule has 0 aliphatic heterocycles. The van der Waals surface area contributed by atoms with Crippen LogP contribution in [0.4, 0.5) is 18.9 Å². The van der Waals surface area contributed by atoms with Crippen LogP contribution in [0.1, 0.15) is 45.8 Å². The van der Waals surface area contributed by atoms with Gasteiger partial charge >= 0.3 is 6.18 Å². The van der Waals surface area contributed by atoms with Gasteiger partial charge in [0.2, 0.25) is 11.8 Å². The molecule has 4 aromatic carbocycles. The molecule has 2 N–H and O–H groups in total. The fourth-order valence-electron chi connectivity index (χ4n) is 4.81. The van der Waals surface area contributed by atoms with Crippen LogP contribution in [0.15, 0.2) is 101 Å². The molecule has 1 unspecified atom stereocenters. The molecule has 45 heavy (non-hydrogen) atoms. The zero-order chi connectivity index (χ0) is 32.2. The fourth-order valence-corrected chi connectivity index (χ4v) is 5.32. The first kappa shape index (κ1) is 31.6. The summed E-state index contributed by atoms with van der Waals surface area (Å²) in [6.07, 6.45) is -4.53. The van der Waals surface area contributed by atoms with Crippen LogP contribution in [0, 0.1) is 0 Å². The minimum absolute atomic E-state index is 0.0364. The zero-order valence-corrected chi connectivity index (χ0v) is 24.4. The van der Waals surface area contributed by atoms with Crippen molar-refractivity contribution >= 4 is 38.6 Å². The fraction of sp³-hybridized carbons (Fsp3) is 0.182. The van der Waals surface area contributed by atoms with Crippen molar-refractivity contribution in [3.05, 3.63) is 119 Å². The molecule has 0 fully saturated rings. The first-order valence-electron chi connectivity index (χ1n) is 13.9. The van der Waals surface area contributed by atoms with Gasteiger partial charge in [-0.1, -0.05) is 48.5 Å². The van der Waals surface area contributed by atoms with Crippen LogP contribution in [-0.2, 0) is 27.5 Å². The highest BCUT2D eigenvalue weighted by molar-refractivity contribution is 7.85. The van der Waals surface area contributed by atoms with Crippen molar-refractivity contribution in [2.45, 2.75) is 31.4 Å². The van der Waals surface area contributed by atoms with Gasteiger partial charge in [0.15, 0.2) is 11.4 Å². The second kappa shape index (κ2) is 13.0. The largest absolute Gasteiger partial charge is 0.436 e. The summed E-state index contributed by atoms with van der Waals surface area (Å²) in [5, 5.41) is 2.84.